The molecule has 0 aliphatic carbocycles. The highest BCUT2D eigenvalue weighted by Crippen LogP contribution is 2.34. The van der Waals surface area contributed by atoms with Crippen molar-refractivity contribution < 1.29 is 17.9 Å². The van der Waals surface area contributed by atoms with Gasteiger partial charge in [0.15, 0.2) is 0 Å². The molecule has 4 aromatic carbocycles. The Hall–Kier alpha value is -3.35. The molecule has 4 aromatic rings. The van der Waals surface area contributed by atoms with Crippen molar-refractivity contribution in [2.45, 2.75) is 11.8 Å². The Bertz CT molecular complexity index is 1410. The number of anilines is 1. The van der Waals surface area contributed by atoms with Crippen LogP contribution in [0, 0.1) is 6.92 Å². The molecule has 4 rings (SSSR count). The second kappa shape index (κ2) is 8.65. The molecule has 0 atom stereocenters. The number of ether oxygens (including phenoxy) is 1. The summed E-state index contributed by atoms with van der Waals surface area (Å²) in [6, 6.07) is 23.3. The summed E-state index contributed by atoms with van der Waals surface area (Å²) in [6.07, 6.45) is 0. The molecular weight excluding hydrogens is 446 g/mol. The number of hydrogen-bond acceptors (Lipinski definition) is 4. The quantitative estimate of drug-likeness (QED) is 0.371. The number of carbonyl (C=O) groups excluding carboxylic acids is 1. The zero-order valence-corrected chi connectivity index (χ0v) is 19.0. The maximum Gasteiger partial charge on any atom is 0.272 e. The fourth-order valence-corrected chi connectivity index (χ4v) is 5.13. The van der Waals surface area contributed by atoms with Gasteiger partial charge in [0.25, 0.3) is 15.9 Å². The highest BCUT2D eigenvalue weighted by molar-refractivity contribution is 7.93. The molecule has 0 bridgehead atoms. The van der Waals surface area contributed by atoms with Crippen LogP contribution in [-0.4, -0.2) is 21.4 Å². The summed E-state index contributed by atoms with van der Waals surface area (Å²) < 4.78 is 33.4. The third kappa shape index (κ3) is 3.95. The second-order valence-electron chi connectivity index (χ2n) is 7.23. The minimum atomic E-state index is -4.24. The van der Waals surface area contributed by atoms with Crippen molar-refractivity contribution in [1.29, 1.82) is 0 Å². The van der Waals surface area contributed by atoms with Crippen molar-refractivity contribution in [1.82, 2.24) is 0 Å². The van der Waals surface area contributed by atoms with Crippen LogP contribution in [0.3, 0.4) is 0 Å². The molecule has 0 fully saturated rings. The van der Waals surface area contributed by atoms with E-state index < -0.39 is 15.9 Å². The predicted octanol–water partition coefficient (Wildman–Crippen LogP) is 5.85. The molecule has 7 heteroatoms. The maximum atomic E-state index is 13.8. The van der Waals surface area contributed by atoms with Gasteiger partial charge in [0.2, 0.25) is 0 Å². The highest BCUT2D eigenvalue weighted by Gasteiger charge is 2.33. The third-order valence-corrected chi connectivity index (χ3v) is 7.15. The van der Waals surface area contributed by atoms with Gasteiger partial charge in [0.05, 0.1) is 22.7 Å². The number of hydrogen-bond donors (Lipinski definition) is 0. The van der Waals surface area contributed by atoms with Crippen LogP contribution in [-0.2, 0) is 10.0 Å². The van der Waals surface area contributed by atoms with E-state index >= 15 is 0 Å². The number of rotatable bonds is 5. The minimum Gasteiger partial charge on any atom is -0.495 e. The Kier molecular flexibility index (Phi) is 5.91. The van der Waals surface area contributed by atoms with E-state index in [4.69, 9.17) is 16.3 Å². The monoisotopic (exact) mass is 465 g/mol. The van der Waals surface area contributed by atoms with Crippen molar-refractivity contribution in [3.63, 3.8) is 0 Å². The molecule has 32 heavy (non-hydrogen) atoms. The number of amides is 1. The van der Waals surface area contributed by atoms with Crippen LogP contribution in [0.2, 0.25) is 5.02 Å². The second-order valence-corrected chi connectivity index (χ2v) is 9.43. The molecule has 0 saturated carbocycles. The summed E-state index contributed by atoms with van der Waals surface area (Å²) in [5.74, 6) is -0.302. The first-order valence-electron chi connectivity index (χ1n) is 9.80. The van der Waals surface area contributed by atoms with Gasteiger partial charge in [-0.3, -0.25) is 4.79 Å². The smallest absolute Gasteiger partial charge is 0.272 e. The Morgan fingerprint density at radius 3 is 2.28 bits per heavy atom. The van der Waals surface area contributed by atoms with Crippen molar-refractivity contribution in [3.05, 3.63) is 101 Å². The largest absolute Gasteiger partial charge is 0.495 e. The number of carbonyl (C=O) groups is 1. The fraction of sp³-hybridized carbons (Fsp3) is 0.0800. The molecule has 0 aliphatic heterocycles. The van der Waals surface area contributed by atoms with Gasteiger partial charge < -0.3 is 4.74 Å². The van der Waals surface area contributed by atoms with E-state index in [1.54, 1.807) is 30.3 Å². The van der Waals surface area contributed by atoms with E-state index in [0.29, 0.717) is 11.1 Å². The lowest BCUT2D eigenvalue weighted by Crippen LogP contribution is -2.37. The van der Waals surface area contributed by atoms with Crippen molar-refractivity contribution in [2.24, 2.45) is 0 Å². The van der Waals surface area contributed by atoms with E-state index in [0.717, 1.165) is 15.3 Å². The van der Waals surface area contributed by atoms with E-state index in [9.17, 15) is 13.2 Å². The summed E-state index contributed by atoms with van der Waals surface area (Å²) in [4.78, 5) is 13.8. The lowest BCUT2D eigenvalue weighted by Gasteiger charge is -2.24. The molecule has 162 valence electrons. The lowest BCUT2D eigenvalue weighted by atomic mass is 10.0. The van der Waals surface area contributed by atoms with Crippen molar-refractivity contribution >= 4 is 44.0 Å². The molecule has 0 heterocycles. The van der Waals surface area contributed by atoms with Gasteiger partial charge >= 0.3 is 0 Å². The van der Waals surface area contributed by atoms with Gasteiger partial charge in [-0.05, 0) is 54.1 Å². The molecule has 5 nitrogen and oxygen atoms in total. The first-order valence-corrected chi connectivity index (χ1v) is 11.6. The summed E-state index contributed by atoms with van der Waals surface area (Å²) >= 11 is 6.28. The normalized spacial score (nSPS) is 11.3. The van der Waals surface area contributed by atoms with Gasteiger partial charge in [-0.1, -0.05) is 65.7 Å². The number of methoxy groups -OCH3 is 1. The first kappa shape index (κ1) is 21.9. The first-order chi connectivity index (χ1) is 15.3. The lowest BCUT2D eigenvalue weighted by molar-refractivity contribution is 0.101. The molecule has 0 unspecified atom stereocenters. The van der Waals surface area contributed by atoms with Crippen LogP contribution in [0.1, 0.15) is 15.9 Å². The summed E-state index contributed by atoms with van der Waals surface area (Å²) in [6.45, 7) is 1.86. The number of aryl methyl sites for hydroxylation is 1. The summed E-state index contributed by atoms with van der Waals surface area (Å²) in [5, 5.41) is 1.68. The number of benzene rings is 4. The number of nitrogens with zero attached hydrogens (tertiary/aromatic N) is 1. The standard InChI is InChI=1S/C25H20ClNO4S/c1-17-10-13-20(14-11-17)32(29,30)27(19-12-15-24(31-2)23(26)16-19)25(28)22-9-5-7-18-6-3-4-8-21(18)22/h3-16H,1-2H3. The molecule has 0 aromatic heterocycles. The zero-order valence-electron chi connectivity index (χ0n) is 17.4. The highest BCUT2D eigenvalue weighted by atomic mass is 35.5. The molecule has 1 amide bonds. The topological polar surface area (TPSA) is 63.7 Å². The predicted molar refractivity (Wildman–Crippen MR) is 127 cm³/mol. The third-order valence-electron chi connectivity index (χ3n) is 5.13. The van der Waals surface area contributed by atoms with Crippen LogP contribution in [0.15, 0.2) is 89.8 Å². The summed E-state index contributed by atoms with van der Waals surface area (Å²) in [7, 11) is -2.78. The van der Waals surface area contributed by atoms with Gasteiger partial charge in [0.1, 0.15) is 5.75 Å². The van der Waals surface area contributed by atoms with Gasteiger partial charge in [-0.25, -0.2) is 8.42 Å². The van der Waals surface area contributed by atoms with E-state index in [-0.39, 0.29) is 21.2 Å². The van der Waals surface area contributed by atoms with Gasteiger partial charge in [0, 0.05) is 5.56 Å². The van der Waals surface area contributed by atoms with E-state index in [2.05, 4.69) is 0 Å². The van der Waals surface area contributed by atoms with Crippen LogP contribution in [0.4, 0.5) is 5.69 Å². The average Bonchev–Trinajstić information content (AvgIpc) is 2.79. The molecular formula is C25H20ClNO4S. The van der Waals surface area contributed by atoms with Crippen LogP contribution in [0.5, 0.6) is 5.75 Å². The SMILES string of the molecule is COc1ccc(N(C(=O)c2cccc3ccccc23)S(=O)(=O)c2ccc(C)cc2)cc1Cl. The Morgan fingerprint density at radius 2 is 1.59 bits per heavy atom. The Morgan fingerprint density at radius 1 is 0.906 bits per heavy atom. The number of halogens is 1. The molecule has 0 aliphatic rings. The van der Waals surface area contributed by atoms with E-state index in [1.807, 2.05) is 31.2 Å². The fourth-order valence-electron chi connectivity index (χ4n) is 3.48. The van der Waals surface area contributed by atoms with Gasteiger partial charge in [-0.2, -0.15) is 4.31 Å². The molecule has 0 radical (unpaired) electrons. The minimum absolute atomic E-state index is 0.00336. The van der Waals surface area contributed by atoms with Crippen LogP contribution >= 0.6 is 11.6 Å². The number of sulfonamides is 1. The Labute approximate surface area is 191 Å². The van der Waals surface area contributed by atoms with Gasteiger partial charge in [-0.15, -0.1) is 0 Å². The molecule has 0 N–H and O–H groups in total. The Balaban J connectivity index is 1.94. The van der Waals surface area contributed by atoms with Crippen LogP contribution < -0.4 is 9.04 Å². The number of fused-ring (bicyclic) bond motifs is 1. The zero-order chi connectivity index (χ0) is 22.9. The van der Waals surface area contributed by atoms with Crippen molar-refractivity contribution in [2.75, 3.05) is 11.4 Å². The molecule has 0 spiro atoms. The van der Waals surface area contributed by atoms with E-state index in [1.165, 1.54) is 37.4 Å². The summed E-state index contributed by atoms with van der Waals surface area (Å²) in [5.41, 5.74) is 1.29. The molecule has 0 saturated heterocycles. The maximum absolute atomic E-state index is 13.8. The average molecular weight is 466 g/mol. The van der Waals surface area contributed by atoms with Crippen molar-refractivity contribution in [3.8, 4) is 5.75 Å². The van der Waals surface area contributed by atoms with Crippen LogP contribution in [0.25, 0.3) is 10.8 Å².